The molecule has 1 spiro atoms. The van der Waals surface area contributed by atoms with Crippen LogP contribution in [-0.4, -0.2) is 16.5 Å². The summed E-state index contributed by atoms with van der Waals surface area (Å²) < 4.78 is 0. The Bertz CT molecular complexity index is 1640. The Kier molecular flexibility index (Phi) is 6.38. The standard InChI is InChI=1S/C34H32N4OS/c1-23-15-21-28(22-16-23)38-34(40-32(36-38)24(2)39)30-14-10-9-13-29(30)31(35-37(34)27-11-7-6-8-12-27)25-17-19-26(20-18-25)33(3,4)5/h6-22H,1-5H3/t34-/m0/s1. The highest BCUT2D eigenvalue weighted by atomic mass is 32.2. The lowest BCUT2D eigenvalue weighted by Crippen LogP contribution is -2.54. The molecule has 40 heavy (non-hydrogen) atoms. The van der Waals surface area contributed by atoms with Gasteiger partial charge in [-0.2, -0.15) is 10.2 Å². The van der Waals surface area contributed by atoms with Crippen molar-refractivity contribution in [3.05, 3.63) is 131 Å². The van der Waals surface area contributed by atoms with Gasteiger partial charge in [0.2, 0.25) is 4.99 Å². The van der Waals surface area contributed by atoms with E-state index in [9.17, 15) is 4.79 Å². The molecule has 6 rings (SSSR count). The minimum absolute atomic E-state index is 0.0560. The fraction of sp³-hybridized carbons (Fsp3) is 0.206. The molecule has 1 atom stereocenters. The van der Waals surface area contributed by atoms with E-state index in [4.69, 9.17) is 10.2 Å². The Morgan fingerprint density at radius 3 is 2.00 bits per heavy atom. The Balaban J connectivity index is 1.62. The van der Waals surface area contributed by atoms with Gasteiger partial charge in [-0.1, -0.05) is 105 Å². The number of hydrogen-bond donors (Lipinski definition) is 0. The van der Waals surface area contributed by atoms with Gasteiger partial charge in [-0.3, -0.25) is 4.79 Å². The summed E-state index contributed by atoms with van der Waals surface area (Å²) in [6, 6.07) is 35.5. The summed E-state index contributed by atoms with van der Waals surface area (Å²) in [5, 5.41) is 14.8. The molecule has 4 aromatic rings. The zero-order chi connectivity index (χ0) is 28.1. The summed E-state index contributed by atoms with van der Waals surface area (Å²) in [5.74, 6) is -0.0722. The number of rotatable bonds is 4. The fourth-order valence-corrected chi connectivity index (χ4v) is 6.46. The normalized spacial score (nSPS) is 18.4. The molecule has 0 bridgehead atoms. The van der Waals surface area contributed by atoms with Crippen molar-refractivity contribution < 1.29 is 4.79 Å². The smallest absolute Gasteiger partial charge is 0.234 e. The van der Waals surface area contributed by atoms with Gasteiger partial charge in [0.1, 0.15) is 0 Å². The highest BCUT2D eigenvalue weighted by molar-refractivity contribution is 8.17. The van der Waals surface area contributed by atoms with E-state index in [1.54, 1.807) is 6.92 Å². The number of thioether (sulfide) groups is 1. The minimum Gasteiger partial charge on any atom is -0.292 e. The molecular formula is C34H32N4OS. The molecule has 0 radical (unpaired) electrons. The number of benzene rings is 4. The number of para-hydroxylation sites is 1. The van der Waals surface area contributed by atoms with E-state index in [1.165, 1.54) is 17.3 Å². The molecule has 2 aliphatic rings. The maximum absolute atomic E-state index is 12.8. The van der Waals surface area contributed by atoms with Crippen molar-refractivity contribution in [2.24, 2.45) is 10.2 Å². The van der Waals surface area contributed by atoms with Crippen molar-refractivity contribution in [3.63, 3.8) is 0 Å². The predicted octanol–water partition coefficient (Wildman–Crippen LogP) is 7.83. The number of fused-ring (bicyclic) bond motifs is 2. The third-order valence-electron chi connectivity index (χ3n) is 7.34. The summed E-state index contributed by atoms with van der Waals surface area (Å²) in [5.41, 5.74) is 8.23. The largest absolute Gasteiger partial charge is 0.292 e. The minimum atomic E-state index is -0.941. The van der Waals surface area contributed by atoms with Gasteiger partial charge in [0, 0.05) is 23.6 Å². The van der Waals surface area contributed by atoms with Gasteiger partial charge in [0.15, 0.2) is 10.8 Å². The van der Waals surface area contributed by atoms with Crippen LogP contribution in [0.3, 0.4) is 0 Å². The van der Waals surface area contributed by atoms with Crippen molar-refractivity contribution >= 4 is 39.7 Å². The Labute approximate surface area is 240 Å². The molecule has 0 saturated carbocycles. The van der Waals surface area contributed by atoms with Crippen LogP contribution < -0.4 is 10.0 Å². The average molecular weight is 545 g/mol. The Hall–Kier alpha value is -4.16. The molecule has 0 saturated heterocycles. The third-order valence-corrected chi connectivity index (χ3v) is 8.75. The number of hydrogen-bond acceptors (Lipinski definition) is 6. The SMILES string of the molecule is CC(=O)C1=NN(c2ccc(C)cc2)[C@]2(S1)c1ccccc1C(c1ccc(C(C)(C)C)cc1)=NN2c1ccccc1. The van der Waals surface area contributed by atoms with E-state index >= 15 is 0 Å². The molecule has 4 aromatic carbocycles. The van der Waals surface area contributed by atoms with Crippen LogP contribution in [0.25, 0.3) is 0 Å². The number of hydrazone groups is 2. The number of carbonyl (C=O) groups is 1. The molecule has 2 heterocycles. The molecule has 0 aliphatic carbocycles. The highest BCUT2D eigenvalue weighted by Gasteiger charge is 2.55. The summed E-state index contributed by atoms with van der Waals surface area (Å²) >= 11 is 1.44. The second-order valence-electron chi connectivity index (χ2n) is 11.3. The quantitative estimate of drug-likeness (QED) is 0.263. The maximum atomic E-state index is 12.8. The number of aryl methyl sites for hydroxylation is 1. The molecule has 0 amide bonds. The number of ketones is 1. The van der Waals surface area contributed by atoms with Crippen LogP contribution in [-0.2, 0) is 15.2 Å². The lowest BCUT2D eigenvalue weighted by Gasteiger charge is -2.47. The van der Waals surface area contributed by atoms with E-state index < -0.39 is 4.99 Å². The van der Waals surface area contributed by atoms with E-state index in [1.807, 2.05) is 34.3 Å². The Morgan fingerprint density at radius 1 is 0.750 bits per heavy atom. The van der Waals surface area contributed by atoms with Crippen LogP contribution in [0.1, 0.15) is 55.5 Å². The molecule has 5 nitrogen and oxygen atoms in total. The van der Waals surface area contributed by atoms with Crippen LogP contribution in [0.4, 0.5) is 11.4 Å². The van der Waals surface area contributed by atoms with Gasteiger partial charge < -0.3 is 0 Å². The van der Waals surface area contributed by atoms with Gasteiger partial charge in [-0.05, 0) is 53.9 Å². The van der Waals surface area contributed by atoms with Crippen molar-refractivity contribution in [2.75, 3.05) is 10.0 Å². The first-order valence-corrected chi connectivity index (χ1v) is 14.3. The van der Waals surface area contributed by atoms with Crippen LogP contribution in [0.5, 0.6) is 0 Å². The summed E-state index contributed by atoms with van der Waals surface area (Å²) in [6.07, 6.45) is 0. The zero-order valence-corrected chi connectivity index (χ0v) is 24.2. The van der Waals surface area contributed by atoms with Crippen LogP contribution in [0, 0.1) is 6.92 Å². The van der Waals surface area contributed by atoms with Crippen molar-refractivity contribution in [1.29, 1.82) is 0 Å². The molecule has 0 aromatic heterocycles. The fourth-order valence-electron chi connectivity index (χ4n) is 5.17. The van der Waals surface area contributed by atoms with E-state index in [0.717, 1.165) is 39.3 Å². The second kappa shape index (κ2) is 9.79. The molecule has 6 heteroatoms. The second-order valence-corrected chi connectivity index (χ2v) is 12.4. The maximum Gasteiger partial charge on any atom is 0.234 e. The Morgan fingerprint density at radius 2 is 1.35 bits per heavy atom. The summed E-state index contributed by atoms with van der Waals surface area (Å²) in [4.78, 5) is 11.9. The summed E-state index contributed by atoms with van der Waals surface area (Å²) in [7, 11) is 0. The van der Waals surface area contributed by atoms with Gasteiger partial charge >= 0.3 is 0 Å². The van der Waals surface area contributed by atoms with Crippen LogP contribution in [0.2, 0.25) is 0 Å². The highest BCUT2D eigenvalue weighted by Crippen LogP contribution is 2.55. The number of nitrogens with zero attached hydrogens (tertiary/aromatic N) is 4. The number of anilines is 2. The van der Waals surface area contributed by atoms with E-state index in [2.05, 4.69) is 107 Å². The molecule has 0 fully saturated rings. The van der Waals surface area contributed by atoms with Crippen molar-refractivity contribution in [2.45, 2.75) is 45.0 Å². The molecule has 200 valence electrons. The van der Waals surface area contributed by atoms with Crippen molar-refractivity contribution in [1.82, 2.24) is 0 Å². The lowest BCUT2D eigenvalue weighted by atomic mass is 9.85. The lowest BCUT2D eigenvalue weighted by molar-refractivity contribution is -0.110. The predicted molar refractivity (Wildman–Crippen MR) is 167 cm³/mol. The van der Waals surface area contributed by atoms with Gasteiger partial charge in [0.25, 0.3) is 0 Å². The summed E-state index contributed by atoms with van der Waals surface area (Å²) in [6.45, 7) is 10.3. The first-order valence-electron chi connectivity index (χ1n) is 13.5. The van der Waals surface area contributed by atoms with Crippen molar-refractivity contribution in [3.8, 4) is 0 Å². The zero-order valence-electron chi connectivity index (χ0n) is 23.4. The molecule has 2 aliphatic heterocycles. The molecule has 0 unspecified atom stereocenters. The number of carbonyl (C=O) groups excluding carboxylic acids is 1. The molecular weight excluding hydrogens is 512 g/mol. The van der Waals surface area contributed by atoms with Gasteiger partial charge in [-0.25, -0.2) is 10.0 Å². The van der Waals surface area contributed by atoms with Crippen LogP contribution >= 0.6 is 11.8 Å². The van der Waals surface area contributed by atoms with Crippen LogP contribution in [0.15, 0.2) is 113 Å². The average Bonchev–Trinajstić information content (AvgIpc) is 3.35. The topological polar surface area (TPSA) is 48.3 Å². The van der Waals surface area contributed by atoms with E-state index in [-0.39, 0.29) is 11.2 Å². The molecule has 0 N–H and O–H groups in total. The van der Waals surface area contributed by atoms with Gasteiger partial charge in [-0.15, -0.1) is 0 Å². The van der Waals surface area contributed by atoms with Gasteiger partial charge in [0.05, 0.1) is 17.1 Å². The monoisotopic (exact) mass is 544 g/mol. The number of Topliss-reactive ketones (excluding diaryl/α,β-unsaturated/α-hetero) is 1. The third kappa shape index (κ3) is 4.33. The first-order chi connectivity index (χ1) is 19.2. The van der Waals surface area contributed by atoms with E-state index in [0.29, 0.717) is 5.04 Å². The first kappa shape index (κ1) is 26.1.